The number of nitrogens with zero attached hydrogens (tertiary/aromatic N) is 2. The summed E-state index contributed by atoms with van der Waals surface area (Å²) in [6.07, 6.45) is 1.81. The van der Waals surface area contributed by atoms with Crippen LogP contribution in [0.4, 0.5) is 5.69 Å². The Bertz CT molecular complexity index is 850. The minimum atomic E-state index is 0.103. The van der Waals surface area contributed by atoms with Crippen molar-refractivity contribution in [2.24, 2.45) is 4.99 Å². The maximum Gasteiger partial charge on any atom is 0.201 e. The van der Waals surface area contributed by atoms with Gasteiger partial charge in [-0.3, -0.25) is 4.99 Å². The summed E-state index contributed by atoms with van der Waals surface area (Å²) >= 11 is 0. The van der Waals surface area contributed by atoms with E-state index in [1.54, 1.807) is 0 Å². The second-order valence-corrected chi connectivity index (χ2v) is 7.88. The van der Waals surface area contributed by atoms with E-state index in [0.29, 0.717) is 25.1 Å². The number of ether oxygens (including phenoxy) is 2. The molecule has 1 aromatic heterocycles. The molecule has 1 aromatic carbocycles. The molecule has 146 valence electrons. The lowest BCUT2D eigenvalue weighted by Gasteiger charge is -2.25. The Kier molecular flexibility index (Phi) is 5.10. The molecule has 6 heteroatoms. The van der Waals surface area contributed by atoms with Crippen molar-refractivity contribution in [2.45, 2.75) is 51.7 Å². The Morgan fingerprint density at radius 1 is 1.22 bits per heavy atom. The first-order chi connectivity index (χ1) is 13.0. The van der Waals surface area contributed by atoms with Crippen molar-refractivity contribution in [1.82, 2.24) is 4.57 Å². The Morgan fingerprint density at radius 2 is 2.00 bits per heavy atom. The van der Waals surface area contributed by atoms with Crippen molar-refractivity contribution in [3.8, 4) is 5.88 Å². The molecule has 1 atom stereocenters. The molecule has 1 saturated heterocycles. The number of anilines is 1. The number of hydrogen-bond acceptors (Lipinski definition) is 5. The third-order valence-electron chi connectivity index (χ3n) is 5.25. The molecule has 1 unspecified atom stereocenters. The fraction of sp³-hybridized carbons (Fsp3) is 0.571. The first-order valence-electron chi connectivity index (χ1n) is 9.90. The van der Waals surface area contributed by atoms with Gasteiger partial charge in [-0.05, 0) is 51.8 Å². The zero-order chi connectivity index (χ0) is 19.0. The minimum Gasteiger partial charge on any atom is -0.494 e. The van der Waals surface area contributed by atoms with Crippen LogP contribution in [0.3, 0.4) is 0 Å². The summed E-state index contributed by atoms with van der Waals surface area (Å²) in [6, 6.07) is 7.00. The molecule has 6 nitrogen and oxygen atoms in total. The number of nitrogens with one attached hydrogen (secondary N) is 1. The van der Waals surface area contributed by atoms with Gasteiger partial charge in [0.2, 0.25) is 5.88 Å². The molecule has 0 radical (unpaired) electrons. The summed E-state index contributed by atoms with van der Waals surface area (Å²) in [5, 5.41) is 15.7. The molecular weight excluding hydrogens is 342 g/mol. The van der Waals surface area contributed by atoms with E-state index in [1.807, 2.05) is 6.92 Å². The summed E-state index contributed by atoms with van der Waals surface area (Å²) in [5.41, 5.74) is 3.75. The highest BCUT2D eigenvalue weighted by atomic mass is 16.5. The summed E-state index contributed by atoms with van der Waals surface area (Å²) < 4.78 is 13.3. The van der Waals surface area contributed by atoms with Gasteiger partial charge < -0.3 is 24.5 Å². The Hall–Kier alpha value is -2.05. The molecule has 0 aliphatic carbocycles. The first-order valence-corrected chi connectivity index (χ1v) is 9.90. The first kappa shape index (κ1) is 18.3. The zero-order valence-electron chi connectivity index (χ0n) is 16.4. The molecule has 2 aliphatic rings. The molecule has 27 heavy (non-hydrogen) atoms. The van der Waals surface area contributed by atoms with Crippen LogP contribution in [0.25, 0.3) is 10.9 Å². The van der Waals surface area contributed by atoms with E-state index in [9.17, 15) is 5.11 Å². The quantitative estimate of drug-likeness (QED) is 0.859. The lowest BCUT2D eigenvalue weighted by molar-refractivity contribution is 0.0688. The van der Waals surface area contributed by atoms with Gasteiger partial charge in [-0.1, -0.05) is 0 Å². The number of benzene rings is 1. The summed E-state index contributed by atoms with van der Waals surface area (Å²) in [6.45, 7) is 8.81. The fourth-order valence-electron chi connectivity index (χ4n) is 4.13. The summed E-state index contributed by atoms with van der Waals surface area (Å²) in [7, 11) is 0. The van der Waals surface area contributed by atoms with Gasteiger partial charge in [0.15, 0.2) is 0 Å². The number of fused-ring (bicyclic) bond motifs is 1. The van der Waals surface area contributed by atoms with Crippen LogP contribution in [-0.2, 0) is 9.47 Å². The second-order valence-electron chi connectivity index (χ2n) is 7.88. The van der Waals surface area contributed by atoms with Crippen LogP contribution in [0.2, 0.25) is 0 Å². The van der Waals surface area contributed by atoms with E-state index in [1.165, 1.54) is 0 Å². The molecule has 0 saturated carbocycles. The minimum absolute atomic E-state index is 0.103. The van der Waals surface area contributed by atoms with Gasteiger partial charge in [-0.15, -0.1) is 0 Å². The van der Waals surface area contributed by atoms with Gasteiger partial charge in [0.05, 0.1) is 36.0 Å². The van der Waals surface area contributed by atoms with E-state index < -0.39 is 0 Å². The number of aromatic hydroxyl groups is 1. The monoisotopic (exact) mass is 371 g/mol. The van der Waals surface area contributed by atoms with Crippen LogP contribution in [0.5, 0.6) is 5.88 Å². The van der Waals surface area contributed by atoms with Gasteiger partial charge in [0.25, 0.3) is 0 Å². The molecule has 1 fully saturated rings. The molecule has 0 spiro atoms. The number of aromatic nitrogens is 1. The Labute approximate surface area is 160 Å². The fourth-order valence-corrected chi connectivity index (χ4v) is 4.13. The maximum atomic E-state index is 11.2. The largest absolute Gasteiger partial charge is 0.494 e. The van der Waals surface area contributed by atoms with Crippen molar-refractivity contribution in [1.29, 1.82) is 0 Å². The number of aliphatic imine (C=N–C) groups is 1. The predicted molar refractivity (Wildman–Crippen MR) is 108 cm³/mol. The molecule has 0 amide bonds. The van der Waals surface area contributed by atoms with Crippen LogP contribution in [0, 0.1) is 0 Å². The standard InChI is InChI=1S/C21H29N3O3/c1-13(2)22-15-4-5-19-17(10-15)20(18-12-27-11-14(3)23-18)21(25)24(19)16-6-8-26-9-7-16/h4-5,10,13-14,16,22,25H,6-9,11-12H2,1-3H3. The SMILES string of the molecule is CC1COCC(c2c(O)n(C3CCOCC3)c3ccc(NC(C)C)cc23)=N1. The topological polar surface area (TPSA) is 68.0 Å². The van der Waals surface area contributed by atoms with Crippen molar-refractivity contribution in [3.63, 3.8) is 0 Å². The third-order valence-corrected chi connectivity index (χ3v) is 5.25. The number of rotatable bonds is 4. The predicted octanol–water partition coefficient (Wildman–Crippen LogP) is 3.73. The van der Waals surface area contributed by atoms with Gasteiger partial charge in [-0.2, -0.15) is 0 Å². The molecule has 3 heterocycles. The lowest BCUT2D eigenvalue weighted by Crippen LogP contribution is -2.24. The van der Waals surface area contributed by atoms with Crippen LogP contribution in [-0.4, -0.2) is 53.9 Å². The van der Waals surface area contributed by atoms with E-state index >= 15 is 0 Å². The molecule has 2 aromatic rings. The molecular formula is C21H29N3O3. The normalized spacial score (nSPS) is 21.6. The Balaban J connectivity index is 1.89. The van der Waals surface area contributed by atoms with Crippen molar-refractivity contribution in [2.75, 3.05) is 31.7 Å². The van der Waals surface area contributed by atoms with Crippen molar-refractivity contribution in [3.05, 3.63) is 23.8 Å². The molecule has 4 rings (SSSR count). The van der Waals surface area contributed by atoms with Gasteiger partial charge in [0, 0.05) is 36.4 Å². The third kappa shape index (κ3) is 3.56. The van der Waals surface area contributed by atoms with Crippen LogP contribution < -0.4 is 5.32 Å². The maximum absolute atomic E-state index is 11.2. The van der Waals surface area contributed by atoms with E-state index in [0.717, 1.165) is 53.9 Å². The van der Waals surface area contributed by atoms with Crippen LogP contribution >= 0.6 is 0 Å². The highest BCUT2D eigenvalue weighted by Gasteiger charge is 2.28. The highest BCUT2D eigenvalue weighted by Crippen LogP contribution is 2.39. The molecule has 2 N–H and O–H groups in total. The van der Waals surface area contributed by atoms with E-state index in [-0.39, 0.29) is 12.1 Å². The average molecular weight is 371 g/mol. The van der Waals surface area contributed by atoms with Crippen molar-refractivity contribution < 1.29 is 14.6 Å². The average Bonchev–Trinajstić information content (AvgIpc) is 2.93. The molecule has 0 bridgehead atoms. The smallest absolute Gasteiger partial charge is 0.201 e. The lowest BCUT2D eigenvalue weighted by atomic mass is 10.1. The van der Waals surface area contributed by atoms with Gasteiger partial charge >= 0.3 is 0 Å². The summed E-state index contributed by atoms with van der Waals surface area (Å²) in [4.78, 5) is 4.79. The number of hydrogen-bond donors (Lipinski definition) is 2. The van der Waals surface area contributed by atoms with Crippen LogP contribution in [0.15, 0.2) is 23.2 Å². The zero-order valence-corrected chi connectivity index (χ0v) is 16.4. The highest BCUT2D eigenvalue weighted by molar-refractivity contribution is 6.14. The van der Waals surface area contributed by atoms with Gasteiger partial charge in [0.1, 0.15) is 0 Å². The van der Waals surface area contributed by atoms with Crippen molar-refractivity contribution >= 4 is 22.3 Å². The second kappa shape index (κ2) is 7.52. The molecule has 2 aliphatic heterocycles. The van der Waals surface area contributed by atoms with E-state index in [2.05, 4.69) is 41.9 Å². The van der Waals surface area contributed by atoms with E-state index in [4.69, 9.17) is 14.5 Å². The van der Waals surface area contributed by atoms with Gasteiger partial charge in [-0.25, -0.2) is 0 Å². The van der Waals surface area contributed by atoms with Crippen LogP contribution in [0.1, 0.15) is 45.2 Å². The summed E-state index contributed by atoms with van der Waals surface area (Å²) in [5.74, 6) is 0.301. The Morgan fingerprint density at radius 3 is 2.70 bits per heavy atom.